The first-order chi connectivity index (χ1) is 27.8. The van der Waals surface area contributed by atoms with Crippen LogP contribution in [0.25, 0.3) is 72.0 Å². The lowest BCUT2D eigenvalue weighted by molar-refractivity contribution is 1.01. The average molecular weight is 715 g/mol. The molecular formula is C54H38N2. The highest BCUT2D eigenvalue weighted by atomic mass is 15.1. The molecule has 9 aromatic rings. The molecule has 0 fully saturated rings. The fourth-order valence-electron chi connectivity index (χ4n) is 8.24. The molecule has 1 heterocycles. The van der Waals surface area contributed by atoms with Gasteiger partial charge in [-0.1, -0.05) is 157 Å². The molecule has 0 saturated carbocycles. The van der Waals surface area contributed by atoms with Crippen LogP contribution in [0.15, 0.2) is 206 Å². The van der Waals surface area contributed by atoms with E-state index in [1.54, 1.807) is 0 Å². The Morgan fingerprint density at radius 2 is 0.964 bits per heavy atom. The van der Waals surface area contributed by atoms with Crippen molar-refractivity contribution in [2.75, 3.05) is 4.90 Å². The summed E-state index contributed by atoms with van der Waals surface area (Å²) in [5, 5.41) is 2.51. The van der Waals surface area contributed by atoms with E-state index in [9.17, 15) is 0 Å². The van der Waals surface area contributed by atoms with Crippen LogP contribution in [0.3, 0.4) is 0 Å². The maximum atomic E-state index is 3.25. The Bertz CT molecular complexity index is 2890. The largest absolute Gasteiger partial charge is 0.312 e. The Morgan fingerprint density at radius 3 is 1.62 bits per heavy atom. The maximum Gasteiger partial charge on any atom is 0.0544 e. The first-order valence-corrected chi connectivity index (χ1v) is 19.3. The number of aromatic nitrogens is 1. The number of allylic oxidation sites excluding steroid dienone is 2. The van der Waals surface area contributed by atoms with Crippen molar-refractivity contribution in [2.24, 2.45) is 0 Å². The molecule has 10 rings (SSSR count). The first-order valence-electron chi connectivity index (χ1n) is 19.3. The van der Waals surface area contributed by atoms with E-state index < -0.39 is 0 Å². The van der Waals surface area contributed by atoms with Crippen LogP contribution in [0.5, 0.6) is 0 Å². The van der Waals surface area contributed by atoms with E-state index in [1.807, 2.05) is 0 Å². The van der Waals surface area contributed by atoms with Crippen molar-refractivity contribution in [3.05, 3.63) is 206 Å². The molecule has 1 aliphatic rings. The molecule has 0 atom stereocenters. The Labute approximate surface area is 328 Å². The van der Waals surface area contributed by atoms with Gasteiger partial charge < -0.3 is 9.47 Å². The second-order valence-corrected chi connectivity index (χ2v) is 14.3. The lowest BCUT2D eigenvalue weighted by atomic mass is 9.96. The van der Waals surface area contributed by atoms with E-state index in [4.69, 9.17) is 0 Å². The highest BCUT2D eigenvalue weighted by Gasteiger charge is 2.20. The molecule has 1 aromatic heterocycles. The van der Waals surface area contributed by atoms with Gasteiger partial charge in [-0.2, -0.15) is 0 Å². The van der Waals surface area contributed by atoms with E-state index in [-0.39, 0.29) is 0 Å². The zero-order valence-electron chi connectivity index (χ0n) is 30.9. The molecule has 8 aromatic carbocycles. The Hall–Kier alpha value is -7.34. The molecule has 2 nitrogen and oxygen atoms in total. The third-order valence-corrected chi connectivity index (χ3v) is 10.9. The summed E-state index contributed by atoms with van der Waals surface area (Å²) in [4.78, 5) is 2.41. The maximum absolute atomic E-state index is 3.25. The lowest BCUT2D eigenvalue weighted by Gasteiger charge is -2.27. The van der Waals surface area contributed by atoms with Gasteiger partial charge in [0.1, 0.15) is 0 Å². The average Bonchev–Trinajstić information content (AvgIpc) is 3.63. The highest BCUT2D eigenvalue weighted by molar-refractivity contribution is 6.16. The van der Waals surface area contributed by atoms with Crippen molar-refractivity contribution >= 4 is 44.6 Å². The molecule has 1 aliphatic carbocycles. The minimum absolute atomic E-state index is 0.876. The van der Waals surface area contributed by atoms with Gasteiger partial charge in [-0.3, -0.25) is 0 Å². The van der Waals surface area contributed by atoms with E-state index in [1.165, 1.54) is 72.0 Å². The molecule has 0 radical (unpaired) electrons. The smallest absolute Gasteiger partial charge is 0.0544 e. The molecule has 0 spiro atoms. The number of hydrogen-bond acceptors (Lipinski definition) is 1. The number of para-hydroxylation sites is 1. The fourth-order valence-corrected chi connectivity index (χ4v) is 8.24. The first kappa shape index (κ1) is 33.2. The van der Waals surface area contributed by atoms with Gasteiger partial charge in [-0.25, -0.2) is 0 Å². The molecular weight excluding hydrogens is 677 g/mol. The third-order valence-electron chi connectivity index (χ3n) is 10.9. The molecule has 264 valence electrons. The zero-order chi connectivity index (χ0) is 37.3. The van der Waals surface area contributed by atoms with Crippen LogP contribution < -0.4 is 4.90 Å². The molecule has 56 heavy (non-hydrogen) atoms. The normalized spacial score (nSPS) is 12.2. The minimum atomic E-state index is 0.876. The molecule has 0 bridgehead atoms. The molecule has 2 heteroatoms. The van der Waals surface area contributed by atoms with Gasteiger partial charge in [0.25, 0.3) is 0 Å². The zero-order valence-corrected chi connectivity index (χ0v) is 30.9. The van der Waals surface area contributed by atoms with Crippen LogP contribution in [0, 0.1) is 11.8 Å². The number of anilines is 3. The Kier molecular flexibility index (Phi) is 8.59. The van der Waals surface area contributed by atoms with E-state index in [2.05, 4.69) is 228 Å². The van der Waals surface area contributed by atoms with Gasteiger partial charge in [0.2, 0.25) is 0 Å². The van der Waals surface area contributed by atoms with Crippen molar-refractivity contribution in [3.63, 3.8) is 0 Å². The summed E-state index contributed by atoms with van der Waals surface area (Å²) in [5.74, 6) is 6.50. The van der Waals surface area contributed by atoms with Crippen molar-refractivity contribution in [1.29, 1.82) is 0 Å². The number of hydrogen-bond donors (Lipinski definition) is 0. The molecule has 0 saturated heterocycles. The molecule has 0 unspecified atom stereocenters. The van der Waals surface area contributed by atoms with E-state index in [0.29, 0.717) is 0 Å². The number of fused-ring (bicyclic) bond motifs is 3. The van der Waals surface area contributed by atoms with Crippen molar-refractivity contribution in [3.8, 4) is 56.3 Å². The number of benzene rings is 8. The Morgan fingerprint density at radius 1 is 0.411 bits per heavy atom. The van der Waals surface area contributed by atoms with Gasteiger partial charge in [0, 0.05) is 46.0 Å². The van der Waals surface area contributed by atoms with Gasteiger partial charge in [0.05, 0.1) is 11.0 Å². The highest BCUT2D eigenvalue weighted by Crippen LogP contribution is 2.44. The van der Waals surface area contributed by atoms with Gasteiger partial charge >= 0.3 is 0 Å². The van der Waals surface area contributed by atoms with Crippen molar-refractivity contribution < 1.29 is 0 Å². The lowest BCUT2D eigenvalue weighted by Crippen LogP contribution is -2.10. The van der Waals surface area contributed by atoms with Crippen LogP contribution in [0.4, 0.5) is 17.1 Å². The van der Waals surface area contributed by atoms with Crippen molar-refractivity contribution in [1.82, 2.24) is 4.57 Å². The second kappa shape index (κ2) is 14.5. The third kappa shape index (κ3) is 6.16. The summed E-state index contributed by atoms with van der Waals surface area (Å²) in [7, 11) is 0. The van der Waals surface area contributed by atoms with Crippen molar-refractivity contribution in [2.45, 2.75) is 12.8 Å². The molecule has 0 amide bonds. The fraction of sp³-hybridized carbons (Fsp3) is 0.0370. The van der Waals surface area contributed by atoms with Crippen LogP contribution in [-0.2, 0) is 0 Å². The summed E-state index contributed by atoms with van der Waals surface area (Å²) in [6.07, 6.45) is 3.91. The second-order valence-electron chi connectivity index (χ2n) is 14.3. The Balaban J connectivity index is 1.18. The number of nitrogens with zero attached hydrogens (tertiary/aromatic N) is 2. The topological polar surface area (TPSA) is 8.17 Å². The predicted octanol–water partition coefficient (Wildman–Crippen LogP) is 14.6. The van der Waals surface area contributed by atoms with Gasteiger partial charge in [-0.15, -0.1) is 0 Å². The van der Waals surface area contributed by atoms with Crippen LogP contribution >= 0.6 is 0 Å². The summed E-state index contributed by atoms with van der Waals surface area (Å²) >= 11 is 0. The van der Waals surface area contributed by atoms with E-state index >= 15 is 0 Å². The molecule has 0 aliphatic heterocycles. The standard InChI is InChI=1S/C54H38N2/c1-5-17-39(18-6-1)42-31-33-47(34-32-42)55(49-37-44(40-19-7-2-8-20-40)35-45(38-49)41-21-9-3-10-22-41)48-26-15-23-43(36-48)50-28-16-30-53-54(50)51-27-13-14-29-52(51)56(53)46-24-11-4-12-25-46/h1-3,5-10,13-23,25-38H,11,24H2. The van der Waals surface area contributed by atoms with Crippen LogP contribution in [0.1, 0.15) is 12.8 Å². The molecule has 0 N–H and O–H groups in total. The number of rotatable bonds is 8. The monoisotopic (exact) mass is 714 g/mol. The quantitative estimate of drug-likeness (QED) is 0.142. The van der Waals surface area contributed by atoms with Gasteiger partial charge in [-0.05, 0) is 106 Å². The van der Waals surface area contributed by atoms with Crippen LogP contribution in [-0.4, -0.2) is 4.57 Å². The summed E-state index contributed by atoms with van der Waals surface area (Å²) in [6, 6.07) is 72.5. The van der Waals surface area contributed by atoms with Gasteiger partial charge in [0.15, 0.2) is 0 Å². The minimum Gasteiger partial charge on any atom is -0.312 e. The SMILES string of the molecule is C1#CCCC(n2c3ccccc3c3c(-c4cccc(N(c5ccc(-c6ccccc6)cc5)c5cc(-c6ccccc6)cc(-c6ccccc6)c5)c4)cccc32)=C1. The summed E-state index contributed by atoms with van der Waals surface area (Å²) < 4.78 is 2.42. The summed E-state index contributed by atoms with van der Waals surface area (Å²) in [6.45, 7) is 0. The van der Waals surface area contributed by atoms with Crippen LogP contribution in [0.2, 0.25) is 0 Å². The summed E-state index contributed by atoms with van der Waals surface area (Å²) in [5.41, 5.74) is 16.4. The van der Waals surface area contributed by atoms with E-state index in [0.717, 1.165) is 29.9 Å². The predicted molar refractivity (Wildman–Crippen MR) is 237 cm³/mol.